The van der Waals surface area contributed by atoms with Crippen molar-refractivity contribution in [3.8, 4) is 11.3 Å². The minimum Gasteiger partial charge on any atom is -0.394 e. The average molecular weight is 545 g/mol. The van der Waals surface area contributed by atoms with Crippen LogP contribution in [-0.2, 0) is 6.54 Å². The second kappa shape index (κ2) is 10.5. The normalized spacial score (nSPS) is 17.2. The highest BCUT2D eigenvalue weighted by atomic mass is 35.5. The predicted octanol–water partition coefficient (Wildman–Crippen LogP) is 6.10. The molecule has 4 aromatic rings. The van der Waals surface area contributed by atoms with Gasteiger partial charge in [-0.2, -0.15) is 0 Å². The highest BCUT2D eigenvalue weighted by Gasteiger charge is 2.29. The third-order valence-electron chi connectivity index (χ3n) is 8.18. The van der Waals surface area contributed by atoms with Crippen LogP contribution >= 0.6 is 11.6 Å². The molecule has 1 aliphatic carbocycles. The van der Waals surface area contributed by atoms with Crippen molar-refractivity contribution >= 4 is 34.1 Å². The summed E-state index contributed by atoms with van der Waals surface area (Å²) < 4.78 is 0. The van der Waals surface area contributed by atoms with Crippen LogP contribution in [0.5, 0.6) is 0 Å². The van der Waals surface area contributed by atoms with Crippen LogP contribution in [0.25, 0.3) is 22.2 Å². The number of aryl methyl sites for hydroxylation is 1. The summed E-state index contributed by atoms with van der Waals surface area (Å²) in [5.41, 5.74) is 7.48. The Balaban J connectivity index is 1.23. The Morgan fingerprint density at radius 3 is 2.64 bits per heavy atom. The van der Waals surface area contributed by atoms with E-state index in [9.17, 15) is 5.11 Å². The van der Waals surface area contributed by atoms with Crippen LogP contribution in [0.1, 0.15) is 49.3 Å². The Kier molecular flexibility index (Phi) is 7.10. The van der Waals surface area contributed by atoms with Gasteiger partial charge in [-0.25, -0.2) is 9.97 Å². The molecule has 0 amide bonds. The lowest BCUT2D eigenvalue weighted by Crippen LogP contribution is -2.55. The van der Waals surface area contributed by atoms with E-state index in [1.54, 1.807) is 6.20 Å². The quantitative estimate of drug-likeness (QED) is 0.249. The molecule has 3 heterocycles. The zero-order chi connectivity index (χ0) is 27.1. The molecule has 7 nitrogen and oxygen atoms in total. The van der Waals surface area contributed by atoms with Gasteiger partial charge in [0.05, 0.1) is 23.5 Å². The maximum atomic E-state index is 9.75. The van der Waals surface area contributed by atoms with Gasteiger partial charge in [-0.15, -0.1) is 0 Å². The second-order valence-electron chi connectivity index (χ2n) is 11.7. The maximum Gasteiger partial charge on any atom is 0.227 e. The van der Waals surface area contributed by atoms with Crippen molar-refractivity contribution in [1.29, 1.82) is 0 Å². The SMILES string of the molecule is Cc1ccc2c(-c3nc(Nc4cc(CN5CCN(C(C)(C)CO)CC5)cc(C5CC5)c4)ncc3Cl)c[nH]c2c1. The number of H-pyrrole nitrogens is 1. The highest BCUT2D eigenvalue weighted by Crippen LogP contribution is 2.42. The summed E-state index contributed by atoms with van der Waals surface area (Å²) in [6, 6.07) is 13.2. The lowest BCUT2D eigenvalue weighted by molar-refractivity contribution is 0.0148. The molecule has 2 aromatic heterocycles. The summed E-state index contributed by atoms with van der Waals surface area (Å²) in [6.45, 7) is 11.3. The fraction of sp³-hybridized carbons (Fsp3) is 0.419. The number of anilines is 2. The van der Waals surface area contributed by atoms with Crippen LogP contribution in [0.3, 0.4) is 0 Å². The van der Waals surface area contributed by atoms with E-state index in [1.165, 1.54) is 29.5 Å². The second-order valence-corrected chi connectivity index (χ2v) is 12.1. The van der Waals surface area contributed by atoms with Gasteiger partial charge in [-0.1, -0.05) is 29.8 Å². The maximum absolute atomic E-state index is 9.75. The highest BCUT2D eigenvalue weighted by molar-refractivity contribution is 6.33. The number of benzene rings is 2. The number of hydrogen-bond donors (Lipinski definition) is 3. The predicted molar refractivity (Wildman–Crippen MR) is 159 cm³/mol. The van der Waals surface area contributed by atoms with E-state index < -0.39 is 0 Å². The number of aromatic amines is 1. The first kappa shape index (κ1) is 26.3. The van der Waals surface area contributed by atoms with Crippen LogP contribution in [-0.4, -0.2) is 68.2 Å². The number of piperazine rings is 1. The van der Waals surface area contributed by atoms with Crippen molar-refractivity contribution in [1.82, 2.24) is 24.8 Å². The number of aromatic nitrogens is 3. The molecule has 6 rings (SSSR count). The summed E-state index contributed by atoms with van der Waals surface area (Å²) in [5, 5.41) is 14.8. The molecule has 8 heteroatoms. The van der Waals surface area contributed by atoms with Gasteiger partial charge in [-0.3, -0.25) is 9.80 Å². The zero-order valence-electron chi connectivity index (χ0n) is 23.0. The van der Waals surface area contributed by atoms with E-state index >= 15 is 0 Å². The van der Waals surface area contributed by atoms with Crippen LogP contribution in [0.2, 0.25) is 5.02 Å². The van der Waals surface area contributed by atoms with Crippen molar-refractivity contribution in [2.45, 2.75) is 51.6 Å². The zero-order valence-corrected chi connectivity index (χ0v) is 23.7. The summed E-state index contributed by atoms with van der Waals surface area (Å²) in [5.74, 6) is 1.18. The van der Waals surface area contributed by atoms with Gasteiger partial charge < -0.3 is 15.4 Å². The number of aliphatic hydroxyl groups excluding tert-OH is 1. The topological polar surface area (TPSA) is 80.3 Å². The third kappa shape index (κ3) is 5.68. The molecule has 1 saturated heterocycles. The number of hydrogen-bond acceptors (Lipinski definition) is 6. The fourth-order valence-electron chi connectivity index (χ4n) is 5.59. The van der Waals surface area contributed by atoms with Crippen molar-refractivity contribution < 1.29 is 5.11 Å². The van der Waals surface area contributed by atoms with Crippen molar-refractivity contribution in [3.05, 3.63) is 70.5 Å². The van der Waals surface area contributed by atoms with Gasteiger partial charge in [0.2, 0.25) is 5.95 Å². The van der Waals surface area contributed by atoms with E-state index in [0.29, 0.717) is 22.6 Å². The lowest BCUT2D eigenvalue weighted by atomic mass is 10.0. The van der Waals surface area contributed by atoms with Gasteiger partial charge >= 0.3 is 0 Å². The molecule has 2 aliphatic rings. The van der Waals surface area contributed by atoms with E-state index in [0.717, 1.165) is 54.9 Å². The first-order valence-electron chi connectivity index (χ1n) is 13.9. The Morgan fingerprint density at radius 1 is 1.10 bits per heavy atom. The fourth-order valence-corrected chi connectivity index (χ4v) is 5.78. The first-order chi connectivity index (χ1) is 18.8. The minimum absolute atomic E-state index is 0.169. The molecule has 0 bridgehead atoms. The number of fused-ring (bicyclic) bond motifs is 1. The molecule has 1 aliphatic heterocycles. The number of rotatable bonds is 8. The van der Waals surface area contributed by atoms with E-state index in [-0.39, 0.29) is 12.1 Å². The molecule has 3 N–H and O–H groups in total. The Labute approximate surface area is 235 Å². The molecule has 2 fully saturated rings. The number of nitrogens with zero attached hydrogens (tertiary/aromatic N) is 4. The Bertz CT molecular complexity index is 1490. The third-order valence-corrected chi connectivity index (χ3v) is 8.45. The van der Waals surface area contributed by atoms with E-state index in [1.807, 2.05) is 6.20 Å². The van der Waals surface area contributed by atoms with Crippen LogP contribution < -0.4 is 5.32 Å². The molecule has 0 atom stereocenters. The van der Waals surface area contributed by atoms with Crippen molar-refractivity contribution in [2.75, 3.05) is 38.1 Å². The molecular formula is C31H37ClN6O. The number of nitrogens with one attached hydrogen (secondary N) is 2. The summed E-state index contributed by atoms with van der Waals surface area (Å²) in [6.07, 6.45) is 6.15. The summed E-state index contributed by atoms with van der Waals surface area (Å²) in [7, 11) is 0. The lowest BCUT2D eigenvalue weighted by Gasteiger charge is -2.43. The van der Waals surface area contributed by atoms with Crippen LogP contribution in [0, 0.1) is 6.92 Å². The molecule has 0 unspecified atom stereocenters. The molecule has 1 saturated carbocycles. The van der Waals surface area contributed by atoms with Crippen molar-refractivity contribution in [3.63, 3.8) is 0 Å². The monoisotopic (exact) mass is 544 g/mol. The first-order valence-corrected chi connectivity index (χ1v) is 14.3. The van der Waals surface area contributed by atoms with E-state index in [4.69, 9.17) is 16.6 Å². The Hall–Kier alpha value is -2.97. The number of halogens is 1. The Morgan fingerprint density at radius 2 is 1.90 bits per heavy atom. The molecule has 204 valence electrons. The number of aliphatic hydroxyl groups is 1. The smallest absolute Gasteiger partial charge is 0.227 e. The summed E-state index contributed by atoms with van der Waals surface area (Å²) >= 11 is 6.59. The van der Waals surface area contributed by atoms with Crippen molar-refractivity contribution in [2.24, 2.45) is 0 Å². The van der Waals surface area contributed by atoms with Gasteiger partial charge in [0.25, 0.3) is 0 Å². The summed E-state index contributed by atoms with van der Waals surface area (Å²) in [4.78, 5) is 17.6. The van der Waals surface area contributed by atoms with Gasteiger partial charge in [0.15, 0.2) is 0 Å². The molecule has 2 aromatic carbocycles. The minimum atomic E-state index is -0.169. The van der Waals surface area contributed by atoms with Gasteiger partial charge in [-0.05, 0) is 74.4 Å². The molecule has 0 radical (unpaired) electrons. The van der Waals surface area contributed by atoms with Crippen LogP contribution in [0.15, 0.2) is 48.8 Å². The largest absolute Gasteiger partial charge is 0.394 e. The van der Waals surface area contributed by atoms with Gasteiger partial charge in [0, 0.05) is 66.6 Å². The van der Waals surface area contributed by atoms with E-state index in [2.05, 4.69) is 82.3 Å². The average Bonchev–Trinajstić information content (AvgIpc) is 3.70. The van der Waals surface area contributed by atoms with Crippen LogP contribution in [0.4, 0.5) is 11.6 Å². The molecular weight excluding hydrogens is 508 g/mol. The van der Waals surface area contributed by atoms with Gasteiger partial charge in [0.1, 0.15) is 0 Å². The molecule has 0 spiro atoms. The standard InChI is InChI=1S/C31H37ClN6O/c1-20-4-7-25-26(16-33-28(25)12-20)29-27(32)17-34-30(36-29)35-24-14-21(13-23(15-24)22-5-6-22)18-37-8-10-38(11-9-37)31(2,3)19-39/h4,7,12-17,22,33,39H,5-6,8-11,18-19H2,1-3H3,(H,34,35,36). The molecule has 39 heavy (non-hydrogen) atoms.